The topological polar surface area (TPSA) is 57.7 Å². The number of hydrogen-bond donors (Lipinski definition) is 0. The van der Waals surface area contributed by atoms with Crippen molar-refractivity contribution in [3.63, 3.8) is 0 Å². The Morgan fingerprint density at radius 3 is 2.52 bits per heavy atom. The normalized spacial score (nSPS) is 22.8. The zero-order chi connectivity index (χ0) is 20.1. The minimum absolute atomic E-state index is 0.0293. The number of amides is 1. The van der Waals surface area contributed by atoms with Crippen LogP contribution in [0.2, 0.25) is 0 Å². The molecule has 2 aliphatic rings. The van der Waals surface area contributed by atoms with Gasteiger partial charge in [-0.25, -0.2) is 8.42 Å². The van der Waals surface area contributed by atoms with E-state index < -0.39 is 15.6 Å². The number of sulfonamides is 1. The molecule has 0 radical (unpaired) electrons. The summed E-state index contributed by atoms with van der Waals surface area (Å²) >= 11 is 1.41. The minimum Gasteiger partial charge on any atom is -0.336 e. The van der Waals surface area contributed by atoms with Crippen molar-refractivity contribution in [1.29, 1.82) is 0 Å². The van der Waals surface area contributed by atoms with Gasteiger partial charge in [0, 0.05) is 19.6 Å². The molecule has 0 N–H and O–H groups in total. The van der Waals surface area contributed by atoms with E-state index in [1.807, 2.05) is 60.0 Å². The van der Waals surface area contributed by atoms with Gasteiger partial charge in [0.1, 0.15) is 0 Å². The van der Waals surface area contributed by atoms with E-state index in [9.17, 15) is 13.2 Å². The molecular formula is C22H20N2O3S2. The molecule has 1 atom stereocenters. The SMILES string of the molecule is O=C(c1cccs1)N1CC[C@@]2(C1)c1ccccc1S(=O)(=O)N2Cc1ccccc1. The summed E-state index contributed by atoms with van der Waals surface area (Å²) in [7, 11) is -3.64. The van der Waals surface area contributed by atoms with Crippen LogP contribution in [0.25, 0.3) is 0 Å². The number of benzene rings is 2. The molecule has 29 heavy (non-hydrogen) atoms. The average molecular weight is 425 g/mol. The molecule has 3 heterocycles. The van der Waals surface area contributed by atoms with Gasteiger partial charge in [0.2, 0.25) is 10.0 Å². The molecule has 7 heteroatoms. The number of hydrogen-bond acceptors (Lipinski definition) is 4. The Morgan fingerprint density at radius 1 is 1.00 bits per heavy atom. The zero-order valence-electron chi connectivity index (χ0n) is 15.7. The number of carbonyl (C=O) groups excluding carboxylic acids is 1. The second-order valence-corrected chi connectivity index (χ2v) is 10.3. The summed E-state index contributed by atoms with van der Waals surface area (Å²) in [5.74, 6) is -0.0293. The van der Waals surface area contributed by atoms with E-state index in [2.05, 4.69) is 0 Å². The summed E-state index contributed by atoms with van der Waals surface area (Å²) in [6, 6.07) is 20.5. The molecule has 5 rings (SSSR count). The van der Waals surface area contributed by atoms with Crippen molar-refractivity contribution in [2.75, 3.05) is 13.1 Å². The highest BCUT2D eigenvalue weighted by atomic mass is 32.2. The van der Waals surface area contributed by atoms with Gasteiger partial charge in [-0.15, -0.1) is 11.3 Å². The molecule has 1 amide bonds. The maximum Gasteiger partial charge on any atom is 0.263 e. The standard InChI is InChI=1S/C22H20N2O3S2/c25-21(19-10-6-14-28-19)23-13-12-22(16-23)18-9-4-5-11-20(18)29(26,27)24(22)15-17-7-2-1-3-8-17/h1-11,14H,12-13,15-16H2/t22-/m1/s1. The molecule has 2 aliphatic heterocycles. The van der Waals surface area contributed by atoms with E-state index in [0.717, 1.165) is 11.1 Å². The molecule has 1 spiro atoms. The van der Waals surface area contributed by atoms with Crippen LogP contribution in [0.5, 0.6) is 0 Å². The molecule has 0 aliphatic carbocycles. The van der Waals surface area contributed by atoms with Crippen molar-refractivity contribution in [3.05, 3.63) is 88.1 Å². The van der Waals surface area contributed by atoms with Crippen LogP contribution in [-0.4, -0.2) is 36.6 Å². The molecule has 5 nitrogen and oxygen atoms in total. The van der Waals surface area contributed by atoms with Gasteiger partial charge >= 0.3 is 0 Å². The van der Waals surface area contributed by atoms with Crippen molar-refractivity contribution in [2.45, 2.75) is 23.4 Å². The monoisotopic (exact) mass is 424 g/mol. The molecule has 0 unspecified atom stereocenters. The van der Waals surface area contributed by atoms with E-state index in [4.69, 9.17) is 0 Å². The first-order valence-corrected chi connectivity index (χ1v) is 11.8. The van der Waals surface area contributed by atoms with Gasteiger partial charge in [-0.05, 0) is 35.1 Å². The number of rotatable bonds is 3. The van der Waals surface area contributed by atoms with E-state index >= 15 is 0 Å². The Kier molecular flexibility index (Phi) is 4.34. The summed E-state index contributed by atoms with van der Waals surface area (Å²) in [5.41, 5.74) is 1.02. The lowest BCUT2D eigenvalue weighted by atomic mass is 9.88. The van der Waals surface area contributed by atoms with Crippen LogP contribution in [-0.2, 0) is 22.1 Å². The third-order valence-corrected chi connectivity index (χ3v) is 8.70. The van der Waals surface area contributed by atoms with E-state index in [1.54, 1.807) is 21.3 Å². The van der Waals surface area contributed by atoms with Gasteiger partial charge in [0.15, 0.2) is 0 Å². The molecule has 2 aromatic carbocycles. The number of fused-ring (bicyclic) bond motifs is 2. The van der Waals surface area contributed by atoms with Crippen LogP contribution in [0, 0.1) is 0 Å². The molecule has 0 saturated carbocycles. The Balaban J connectivity index is 1.58. The Morgan fingerprint density at radius 2 is 1.76 bits per heavy atom. The second kappa shape index (κ2) is 6.79. The Hall–Kier alpha value is -2.48. The lowest BCUT2D eigenvalue weighted by Crippen LogP contribution is -2.46. The predicted molar refractivity (Wildman–Crippen MR) is 112 cm³/mol. The largest absolute Gasteiger partial charge is 0.336 e. The van der Waals surface area contributed by atoms with Crippen molar-refractivity contribution >= 4 is 27.3 Å². The summed E-state index contributed by atoms with van der Waals surface area (Å²) in [6.45, 7) is 1.19. The highest BCUT2D eigenvalue weighted by molar-refractivity contribution is 7.89. The molecule has 148 valence electrons. The maximum absolute atomic E-state index is 13.5. The van der Waals surface area contributed by atoms with Gasteiger partial charge in [-0.1, -0.05) is 54.6 Å². The Bertz CT molecular complexity index is 1160. The van der Waals surface area contributed by atoms with Gasteiger partial charge < -0.3 is 4.90 Å². The second-order valence-electron chi connectivity index (χ2n) is 7.48. The smallest absolute Gasteiger partial charge is 0.263 e. The lowest BCUT2D eigenvalue weighted by Gasteiger charge is -2.34. The van der Waals surface area contributed by atoms with E-state index in [-0.39, 0.29) is 5.91 Å². The maximum atomic E-state index is 13.5. The van der Waals surface area contributed by atoms with Crippen molar-refractivity contribution in [1.82, 2.24) is 9.21 Å². The van der Waals surface area contributed by atoms with Crippen LogP contribution >= 0.6 is 11.3 Å². The zero-order valence-corrected chi connectivity index (χ0v) is 17.3. The van der Waals surface area contributed by atoms with E-state index in [1.165, 1.54) is 11.3 Å². The van der Waals surface area contributed by atoms with Crippen LogP contribution in [0.4, 0.5) is 0 Å². The first-order chi connectivity index (χ1) is 14.0. The van der Waals surface area contributed by atoms with Crippen LogP contribution < -0.4 is 0 Å². The summed E-state index contributed by atoms with van der Waals surface area (Å²) in [5, 5.41) is 1.89. The highest BCUT2D eigenvalue weighted by Gasteiger charge is 2.57. The molecule has 1 fully saturated rings. The van der Waals surface area contributed by atoms with Gasteiger partial charge in [-0.2, -0.15) is 4.31 Å². The van der Waals surface area contributed by atoms with Crippen molar-refractivity contribution < 1.29 is 13.2 Å². The molecule has 1 aromatic heterocycles. The van der Waals surface area contributed by atoms with Gasteiger partial charge in [0.05, 0.1) is 15.3 Å². The highest BCUT2D eigenvalue weighted by Crippen LogP contribution is 2.50. The van der Waals surface area contributed by atoms with Gasteiger partial charge in [-0.3, -0.25) is 4.79 Å². The first-order valence-electron chi connectivity index (χ1n) is 9.51. The predicted octanol–water partition coefficient (Wildman–Crippen LogP) is 3.69. The first kappa shape index (κ1) is 18.5. The summed E-state index contributed by atoms with van der Waals surface area (Å²) < 4.78 is 28.6. The third-order valence-electron chi connectivity index (χ3n) is 5.87. The molecule has 0 bridgehead atoms. The fraction of sp³-hybridized carbons (Fsp3) is 0.227. The fourth-order valence-electron chi connectivity index (χ4n) is 4.49. The van der Waals surface area contributed by atoms with Crippen molar-refractivity contribution in [2.24, 2.45) is 0 Å². The number of carbonyl (C=O) groups is 1. The van der Waals surface area contributed by atoms with Crippen molar-refractivity contribution in [3.8, 4) is 0 Å². The molecule has 1 saturated heterocycles. The minimum atomic E-state index is -3.64. The summed E-state index contributed by atoms with van der Waals surface area (Å²) in [4.78, 5) is 15.8. The fourth-order valence-corrected chi connectivity index (χ4v) is 7.23. The average Bonchev–Trinajstić information content (AvgIpc) is 3.46. The van der Waals surface area contributed by atoms with Crippen LogP contribution in [0.3, 0.4) is 0 Å². The van der Waals surface area contributed by atoms with Gasteiger partial charge in [0.25, 0.3) is 5.91 Å². The molecular weight excluding hydrogens is 404 g/mol. The Labute approximate surface area is 174 Å². The van der Waals surface area contributed by atoms with E-state index in [0.29, 0.717) is 35.8 Å². The molecule has 3 aromatic rings. The van der Waals surface area contributed by atoms with Crippen LogP contribution in [0.15, 0.2) is 77.0 Å². The third kappa shape index (κ3) is 2.84. The number of nitrogens with zero attached hydrogens (tertiary/aromatic N) is 2. The number of thiophene rings is 1. The number of likely N-dealkylation sites (tertiary alicyclic amines) is 1. The van der Waals surface area contributed by atoms with Crippen LogP contribution in [0.1, 0.15) is 27.2 Å². The summed E-state index contributed by atoms with van der Waals surface area (Å²) in [6.07, 6.45) is 0.590. The lowest BCUT2D eigenvalue weighted by molar-refractivity contribution is 0.0767. The quantitative estimate of drug-likeness (QED) is 0.644.